The minimum absolute atomic E-state index is 0.232. The predicted octanol–water partition coefficient (Wildman–Crippen LogP) is -1.20. The maximum atomic E-state index is 5.30. The van der Waals surface area contributed by atoms with E-state index in [0.29, 0.717) is 25.0 Å². The molecule has 0 bridgehead atoms. The lowest BCUT2D eigenvalue weighted by Crippen LogP contribution is -2.17. The van der Waals surface area contributed by atoms with Crippen LogP contribution in [-0.2, 0) is 4.74 Å². The Balaban J connectivity index is 2.22. The zero-order chi connectivity index (χ0) is 12.8. The van der Waals surface area contributed by atoms with Crippen molar-refractivity contribution in [2.75, 3.05) is 31.0 Å². The Labute approximate surface area is 103 Å². The molecule has 2 aromatic rings. The summed E-state index contributed by atoms with van der Waals surface area (Å²) in [7, 11) is 1.61. The molecule has 2 aromatic heterocycles. The Morgan fingerprint density at radius 3 is 2.83 bits per heavy atom. The van der Waals surface area contributed by atoms with Gasteiger partial charge in [-0.3, -0.25) is 5.43 Å². The van der Waals surface area contributed by atoms with Crippen molar-refractivity contribution in [3.05, 3.63) is 12.7 Å². The number of hydrogen-bond acceptors (Lipinski definition) is 9. The first-order valence-corrected chi connectivity index (χ1v) is 5.14. The smallest absolute Gasteiger partial charge is 0.258 e. The first-order valence-electron chi connectivity index (χ1n) is 5.14. The van der Waals surface area contributed by atoms with E-state index >= 15 is 0 Å². The molecule has 2 rings (SSSR count). The molecule has 2 heterocycles. The number of hydrazine groups is 1. The van der Waals surface area contributed by atoms with Gasteiger partial charge < -0.3 is 10.1 Å². The molecule has 0 saturated heterocycles. The molecule has 0 aliphatic heterocycles. The van der Waals surface area contributed by atoms with E-state index in [-0.39, 0.29) is 5.95 Å². The number of nitrogens with two attached hydrogens (primary N) is 1. The molecular formula is C8H13N9O. The maximum absolute atomic E-state index is 5.30. The van der Waals surface area contributed by atoms with E-state index in [2.05, 4.69) is 35.8 Å². The van der Waals surface area contributed by atoms with Gasteiger partial charge in [-0.25, -0.2) is 10.8 Å². The van der Waals surface area contributed by atoms with Gasteiger partial charge in [-0.1, -0.05) is 0 Å². The molecule has 4 N–H and O–H groups in total. The Morgan fingerprint density at radius 2 is 2.17 bits per heavy atom. The summed E-state index contributed by atoms with van der Waals surface area (Å²) in [6.45, 7) is 1.11. The number of rotatable bonds is 6. The van der Waals surface area contributed by atoms with Crippen LogP contribution in [-0.4, -0.2) is 50.0 Å². The lowest BCUT2D eigenvalue weighted by molar-refractivity contribution is 0.210. The van der Waals surface area contributed by atoms with Crippen molar-refractivity contribution in [3.8, 4) is 5.95 Å². The van der Waals surface area contributed by atoms with Gasteiger partial charge in [0.05, 0.1) is 6.61 Å². The van der Waals surface area contributed by atoms with Crippen molar-refractivity contribution in [1.29, 1.82) is 0 Å². The van der Waals surface area contributed by atoms with Crippen molar-refractivity contribution in [2.24, 2.45) is 5.84 Å². The molecule has 0 aliphatic carbocycles. The number of hydrogen-bond donors (Lipinski definition) is 3. The highest BCUT2D eigenvalue weighted by Gasteiger charge is 2.07. The molecule has 10 heteroatoms. The summed E-state index contributed by atoms with van der Waals surface area (Å²) in [5.74, 6) is 6.22. The quantitative estimate of drug-likeness (QED) is 0.329. The monoisotopic (exact) mass is 251 g/mol. The number of nitrogens with one attached hydrogen (secondary N) is 2. The number of nitrogens with zero attached hydrogens (tertiary/aromatic N) is 6. The van der Waals surface area contributed by atoms with Crippen LogP contribution in [0.4, 0.5) is 11.9 Å². The van der Waals surface area contributed by atoms with Crippen LogP contribution < -0.4 is 16.6 Å². The Bertz CT molecular complexity index is 485. The molecule has 0 amide bonds. The van der Waals surface area contributed by atoms with Crippen molar-refractivity contribution >= 4 is 11.9 Å². The summed E-state index contributed by atoms with van der Waals surface area (Å²) in [6.07, 6.45) is 2.87. The zero-order valence-corrected chi connectivity index (χ0v) is 9.74. The summed E-state index contributed by atoms with van der Waals surface area (Å²) in [5, 5.41) is 6.91. The average molecular weight is 251 g/mol. The second-order valence-corrected chi connectivity index (χ2v) is 3.19. The molecular weight excluding hydrogens is 238 g/mol. The number of anilines is 2. The molecule has 18 heavy (non-hydrogen) atoms. The normalized spacial score (nSPS) is 10.3. The second-order valence-electron chi connectivity index (χ2n) is 3.19. The van der Waals surface area contributed by atoms with E-state index in [1.54, 1.807) is 7.11 Å². The molecule has 96 valence electrons. The number of nitrogen functional groups attached to an aromatic ring is 1. The summed E-state index contributed by atoms with van der Waals surface area (Å²) in [5.41, 5.74) is 2.37. The average Bonchev–Trinajstić information content (AvgIpc) is 2.92. The maximum Gasteiger partial charge on any atom is 0.258 e. The molecule has 0 aromatic carbocycles. The fourth-order valence-electron chi connectivity index (χ4n) is 1.19. The third-order valence-electron chi connectivity index (χ3n) is 1.97. The van der Waals surface area contributed by atoms with E-state index < -0.39 is 0 Å². The van der Waals surface area contributed by atoms with Crippen LogP contribution in [0.1, 0.15) is 0 Å². The van der Waals surface area contributed by atoms with Gasteiger partial charge in [-0.05, 0) is 0 Å². The highest BCUT2D eigenvalue weighted by atomic mass is 16.5. The Hall–Kier alpha value is -2.33. The largest absolute Gasteiger partial charge is 0.383 e. The lowest BCUT2D eigenvalue weighted by atomic mass is 10.7. The minimum Gasteiger partial charge on any atom is -0.383 e. The van der Waals surface area contributed by atoms with Crippen LogP contribution >= 0.6 is 0 Å². The van der Waals surface area contributed by atoms with Crippen LogP contribution in [0.25, 0.3) is 5.95 Å². The molecule has 0 saturated carbocycles. The van der Waals surface area contributed by atoms with Crippen LogP contribution in [0.3, 0.4) is 0 Å². The van der Waals surface area contributed by atoms with Gasteiger partial charge in [0.25, 0.3) is 5.95 Å². The van der Waals surface area contributed by atoms with Crippen LogP contribution in [0.2, 0.25) is 0 Å². The summed E-state index contributed by atoms with van der Waals surface area (Å²) < 4.78 is 6.33. The van der Waals surface area contributed by atoms with E-state index in [4.69, 9.17) is 10.6 Å². The molecule has 0 radical (unpaired) electrons. The van der Waals surface area contributed by atoms with E-state index in [0.717, 1.165) is 0 Å². The van der Waals surface area contributed by atoms with E-state index in [9.17, 15) is 0 Å². The van der Waals surface area contributed by atoms with Crippen molar-refractivity contribution in [3.63, 3.8) is 0 Å². The van der Waals surface area contributed by atoms with Gasteiger partial charge in [0.2, 0.25) is 11.9 Å². The standard InChI is InChI=1S/C8H13N9O/c1-18-3-2-11-6-13-7(16-9)15-8(14-6)17-5-10-4-12-17/h4-5H,2-3,9H2,1H3,(H2,11,13,14,15,16). The number of ether oxygens (including phenoxy) is 1. The Kier molecular flexibility index (Phi) is 3.94. The first-order chi connectivity index (χ1) is 8.83. The Morgan fingerprint density at radius 1 is 1.33 bits per heavy atom. The van der Waals surface area contributed by atoms with E-state index in [1.807, 2.05) is 0 Å². The molecule has 0 spiro atoms. The van der Waals surface area contributed by atoms with Gasteiger partial charge in [0.15, 0.2) is 0 Å². The van der Waals surface area contributed by atoms with Crippen LogP contribution in [0, 0.1) is 0 Å². The van der Waals surface area contributed by atoms with Crippen molar-refractivity contribution in [2.45, 2.75) is 0 Å². The lowest BCUT2D eigenvalue weighted by Gasteiger charge is -2.07. The van der Waals surface area contributed by atoms with Crippen LogP contribution in [0.15, 0.2) is 12.7 Å². The molecule has 0 atom stereocenters. The van der Waals surface area contributed by atoms with Gasteiger partial charge in [-0.15, -0.1) is 0 Å². The minimum atomic E-state index is 0.232. The number of methoxy groups -OCH3 is 1. The molecule has 0 unspecified atom stereocenters. The van der Waals surface area contributed by atoms with Gasteiger partial charge in [0.1, 0.15) is 12.7 Å². The molecule has 10 nitrogen and oxygen atoms in total. The van der Waals surface area contributed by atoms with Crippen molar-refractivity contribution in [1.82, 2.24) is 29.7 Å². The van der Waals surface area contributed by atoms with Crippen molar-refractivity contribution < 1.29 is 4.74 Å². The highest BCUT2D eigenvalue weighted by molar-refractivity contribution is 5.36. The zero-order valence-electron chi connectivity index (χ0n) is 9.74. The SMILES string of the molecule is COCCNc1nc(NN)nc(-n2cncn2)n1. The highest BCUT2D eigenvalue weighted by Crippen LogP contribution is 2.06. The van der Waals surface area contributed by atoms with Gasteiger partial charge in [-0.2, -0.15) is 24.7 Å². The van der Waals surface area contributed by atoms with Crippen LogP contribution in [0.5, 0.6) is 0 Å². The van der Waals surface area contributed by atoms with Gasteiger partial charge in [0, 0.05) is 13.7 Å². The summed E-state index contributed by atoms with van der Waals surface area (Å²) in [6, 6.07) is 0. The third-order valence-corrected chi connectivity index (χ3v) is 1.97. The topological polar surface area (TPSA) is 129 Å². The first kappa shape index (κ1) is 12.1. The fraction of sp³-hybridized carbons (Fsp3) is 0.375. The number of aromatic nitrogens is 6. The summed E-state index contributed by atoms with van der Waals surface area (Å²) >= 11 is 0. The molecule has 0 aliphatic rings. The second kappa shape index (κ2) is 5.84. The van der Waals surface area contributed by atoms with E-state index in [1.165, 1.54) is 17.3 Å². The fourth-order valence-corrected chi connectivity index (χ4v) is 1.19. The predicted molar refractivity (Wildman–Crippen MR) is 62.9 cm³/mol. The molecule has 0 fully saturated rings. The third kappa shape index (κ3) is 2.87. The van der Waals surface area contributed by atoms with Gasteiger partial charge >= 0.3 is 0 Å². The summed E-state index contributed by atoms with van der Waals surface area (Å²) in [4.78, 5) is 16.1.